The Hall–Kier alpha value is -3.37. The van der Waals surface area contributed by atoms with E-state index >= 15 is 0 Å². The number of sulfonamides is 1. The fourth-order valence-corrected chi connectivity index (χ4v) is 5.44. The summed E-state index contributed by atoms with van der Waals surface area (Å²) in [6.45, 7) is 1.09. The maximum Gasteiger partial charge on any atom is 0.258 e. The van der Waals surface area contributed by atoms with E-state index in [0.29, 0.717) is 35.2 Å². The van der Waals surface area contributed by atoms with Gasteiger partial charge in [-0.3, -0.25) is 10.1 Å². The predicted octanol–water partition coefficient (Wildman–Crippen LogP) is 2.55. The highest BCUT2D eigenvalue weighted by Crippen LogP contribution is 2.30. The van der Waals surface area contributed by atoms with Crippen molar-refractivity contribution >= 4 is 43.9 Å². The van der Waals surface area contributed by atoms with Crippen molar-refractivity contribution in [2.45, 2.75) is 17.7 Å². The first-order valence-corrected chi connectivity index (χ1v) is 11.4. The van der Waals surface area contributed by atoms with Crippen LogP contribution in [0.4, 0.5) is 5.95 Å². The lowest BCUT2D eigenvalue weighted by Gasteiger charge is -2.15. The van der Waals surface area contributed by atoms with Gasteiger partial charge in [-0.25, -0.2) is 8.42 Å². The number of benzene rings is 2. The molecule has 1 aliphatic heterocycles. The van der Waals surface area contributed by atoms with Crippen LogP contribution in [0.1, 0.15) is 23.2 Å². The third-order valence-corrected chi connectivity index (χ3v) is 7.43. The Kier molecular flexibility index (Phi) is 4.67. The Bertz CT molecular complexity index is 1410. The number of nitrogens with zero attached hydrogens (tertiary/aromatic N) is 5. The van der Waals surface area contributed by atoms with E-state index in [4.69, 9.17) is 0 Å². The number of fused-ring (bicyclic) bond motifs is 3. The second-order valence-electron chi connectivity index (χ2n) is 7.48. The van der Waals surface area contributed by atoms with Gasteiger partial charge in [-0.05, 0) is 43.2 Å². The van der Waals surface area contributed by atoms with Crippen LogP contribution in [0.2, 0.25) is 0 Å². The minimum absolute atomic E-state index is 0.0807. The lowest BCUT2D eigenvalue weighted by atomic mass is 10.2. The molecule has 1 fully saturated rings. The van der Waals surface area contributed by atoms with E-state index in [0.717, 1.165) is 18.4 Å². The topological polar surface area (TPSA) is 110 Å². The van der Waals surface area contributed by atoms with Crippen LogP contribution in [0.25, 0.3) is 22.1 Å². The average molecular weight is 436 g/mol. The predicted molar refractivity (Wildman–Crippen MR) is 116 cm³/mol. The molecule has 0 aliphatic carbocycles. The minimum atomic E-state index is -3.55. The monoisotopic (exact) mass is 436 g/mol. The zero-order chi connectivity index (χ0) is 21.6. The molecule has 31 heavy (non-hydrogen) atoms. The summed E-state index contributed by atoms with van der Waals surface area (Å²) >= 11 is 0. The first-order chi connectivity index (χ1) is 14.9. The third kappa shape index (κ3) is 3.33. The van der Waals surface area contributed by atoms with Gasteiger partial charge < -0.3 is 4.57 Å². The second kappa shape index (κ2) is 7.40. The number of nitrogens with one attached hydrogen (secondary N) is 1. The fraction of sp³-hybridized carbons (Fsp3) is 0.238. The Morgan fingerprint density at radius 2 is 1.77 bits per heavy atom. The number of aryl methyl sites for hydroxylation is 1. The van der Waals surface area contributed by atoms with E-state index in [-0.39, 0.29) is 16.8 Å². The summed E-state index contributed by atoms with van der Waals surface area (Å²) in [4.78, 5) is 17.1. The van der Waals surface area contributed by atoms with Gasteiger partial charge >= 0.3 is 0 Å². The average Bonchev–Trinajstić information content (AvgIpc) is 3.42. The van der Waals surface area contributed by atoms with Crippen molar-refractivity contribution in [1.29, 1.82) is 0 Å². The van der Waals surface area contributed by atoms with Gasteiger partial charge in [0.1, 0.15) is 5.52 Å². The summed E-state index contributed by atoms with van der Waals surface area (Å²) in [6.07, 6.45) is 1.76. The molecule has 0 radical (unpaired) electrons. The molecule has 0 saturated carbocycles. The number of amides is 1. The molecular formula is C21H20N6O3S. The zero-order valence-corrected chi connectivity index (χ0v) is 17.6. The summed E-state index contributed by atoms with van der Waals surface area (Å²) in [6, 6.07) is 13.8. The van der Waals surface area contributed by atoms with E-state index in [9.17, 15) is 13.2 Å². The summed E-state index contributed by atoms with van der Waals surface area (Å²) in [7, 11) is -1.73. The van der Waals surface area contributed by atoms with Crippen LogP contribution < -0.4 is 5.32 Å². The van der Waals surface area contributed by atoms with Gasteiger partial charge in [-0.2, -0.15) is 9.29 Å². The Morgan fingerprint density at radius 1 is 1.03 bits per heavy atom. The highest BCUT2D eigenvalue weighted by atomic mass is 32.2. The molecule has 1 amide bonds. The Morgan fingerprint density at radius 3 is 2.52 bits per heavy atom. The number of aromatic nitrogens is 4. The summed E-state index contributed by atoms with van der Waals surface area (Å²) in [5.41, 5.74) is 2.25. The van der Waals surface area contributed by atoms with E-state index < -0.39 is 10.0 Å². The Balaban J connectivity index is 1.54. The van der Waals surface area contributed by atoms with Gasteiger partial charge in [0, 0.05) is 31.1 Å². The van der Waals surface area contributed by atoms with Gasteiger partial charge in [0.25, 0.3) is 11.9 Å². The van der Waals surface area contributed by atoms with Gasteiger partial charge in [0.15, 0.2) is 5.65 Å². The van der Waals surface area contributed by atoms with Crippen molar-refractivity contribution in [3.05, 3.63) is 54.1 Å². The van der Waals surface area contributed by atoms with Crippen LogP contribution >= 0.6 is 0 Å². The smallest absolute Gasteiger partial charge is 0.258 e. The van der Waals surface area contributed by atoms with E-state index in [1.54, 1.807) is 42.5 Å². The molecule has 4 aromatic rings. The number of carbonyl (C=O) groups excluding carboxylic acids is 1. The van der Waals surface area contributed by atoms with Crippen LogP contribution in [0.15, 0.2) is 53.4 Å². The van der Waals surface area contributed by atoms with Crippen molar-refractivity contribution in [1.82, 2.24) is 24.1 Å². The first-order valence-electron chi connectivity index (χ1n) is 9.94. The quantitative estimate of drug-likeness (QED) is 0.526. The molecule has 158 valence electrons. The number of hydrogen-bond donors (Lipinski definition) is 1. The standard InChI is InChI=1S/C21H20N6O3S/c1-26-17-10-9-15(31(29,30)27-11-5-6-12-27)13-16(17)18-19(26)22-21(25-24-18)23-20(28)14-7-3-2-4-8-14/h2-4,7-10,13H,5-6,11-12H2,1H3,(H,22,23,25,28). The SMILES string of the molecule is Cn1c2ccc(S(=O)(=O)N3CCCC3)cc2c2nnc(NC(=O)c3ccccc3)nc21. The van der Waals surface area contributed by atoms with Crippen LogP contribution in [-0.2, 0) is 17.1 Å². The molecule has 1 aliphatic rings. The van der Waals surface area contributed by atoms with Gasteiger partial charge in [-0.15, -0.1) is 10.2 Å². The second-order valence-corrected chi connectivity index (χ2v) is 9.41. The molecule has 0 bridgehead atoms. The van der Waals surface area contributed by atoms with Crippen molar-refractivity contribution in [2.24, 2.45) is 7.05 Å². The third-order valence-electron chi connectivity index (χ3n) is 5.53. The van der Waals surface area contributed by atoms with Crippen molar-refractivity contribution < 1.29 is 13.2 Å². The first kappa shape index (κ1) is 19.6. The highest BCUT2D eigenvalue weighted by molar-refractivity contribution is 7.89. The van der Waals surface area contributed by atoms with E-state index in [1.807, 2.05) is 17.7 Å². The molecule has 10 heteroatoms. The van der Waals surface area contributed by atoms with Crippen molar-refractivity contribution in [3.8, 4) is 0 Å². The maximum absolute atomic E-state index is 13.0. The highest BCUT2D eigenvalue weighted by Gasteiger charge is 2.28. The molecule has 2 aromatic heterocycles. The van der Waals surface area contributed by atoms with Gasteiger partial charge in [-0.1, -0.05) is 18.2 Å². The molecular weight excluding hydrogens is 416 g/mol. The largest absolute Gasteiger partial charge is 0.327 e. The van der Waals surface area contributed by atoms with Crippen molar-refractivity contribution in [3.63, 3.8) is 0 Å². The zero-order valence-electron chi connectivity index (χ0n) is 16.8. The molecule has 1 saturated heterocycles. The molecule has 0 spiro atoms. The Labute approximate surface area is 178 Å². The van der Waals surface area contributed by atoms with E-state index in [1.165, 1.54) is 4.31 Å². The number of rotatable bonds is 4. The molecule has 9 nitrogen and oxygen atoms in total. The van der Waals surface area contributed by atoms with Crippen LogP contribution in [-0.4, -0.2) is 51.5 Å². The molecule has 3 heterocycles. The number of anilines is 1. The van der Waals surface area contributed by atoms with Gasteiger partial charge in [0.2, 0.25) is 10.0 Å². The summed E-state index contributed by atoms with van der Waals surface area (Å²) in [5.74, 6) is -0.253. The van der Waals surface area contributed by atoms with Crippen LogP contribution in [0, 0.1) is 0 Å². The van der Waals surface area contributed by atoms with Crippen LogP contribution in [0.5, 0.6) is 0 Å². The molecule has 1 N–H and O–H groups in total. The minimum Gasteiger partial charge on any atom is -0.327 e. The van der Waals surface area contributed by atoms with E-state index in [2.05, 4.69) is 20.5 Å². The summed E-state index contributed by atoms with van der Waals surface area (Å²) < 4.78 is 29.2. The lowest BCUT2D eigenvalue weighted by Crippen LogP contribution is -2.27. The molecule has 0 unspecified atom stereocenters. The molecule has 5 rings (SSSR count). The maximum atomic E-state index is 13.0. The number of carbonyl (C=O) groups is 1. The van der Waals surface area contributed by atoms with Gasteiger partial charge in [0.05, 0.1) is 10.4 Å². The number of hydrogen-bond acceptors (Lipinski definition) is 6. The lowest BCUT2D eigenvalue weighted by molar-refractivity contribution is 0.102. The van der Waals surface area contributed by atoms with Crippen molar-refractivity contribution in [2.75, 3.05) is 18.4 Å². The summed E-state index contributed by atoms with van der Waals surface area (Å²) in [5, 5.41) is 11.6. The van der Waals surface area contributed by atoms with Crippen LogP contribution in [0.3, 0.4) is 0 Å². The molecule has 0 atom stereocenters. The fourth-order valence-electron chi connectivity index (χ4n) is 3.89. The normalized spacial score (nSPS) is 15.0. The molecule has 2 aromatic carbocycles.